The average molecular weight is 330 g/mol. The molecule has 0 fully saturated rings. The molecule has 118 valence electrons. The van der Waals surface area contributed by atoms with E-state index in [4.69, 9.17) is 11.6 Å². The first-order valence-corrected chi connectivity index (χ1v) is 7.60. The molecule has 0 saturated carbocycles. The van der Waals surface area contributed by atoms with E-state index in [1.54, 1.807) is 12.1 Å². The average Bonchev–Trinajstić information content (AvgIpc) is 2.71. The number of amides is 2. The van der Waals surface area contributed by atoms with Gasteiger partial charge in [-0.3, -0.25) is 9.59 Å². The number of aromatic nitrogens is 1. The number of hydrogen-bond donors (Lipinski definition) is 1. The molecule has 2 aromatic rings. The summed E-state index contributed by atoms with van der Waals surface area (Å²) >= 11 is 5.76. The van der Waals surface area contributed by atoms with Crippen LogP contribution in [0.3, 0.4) is 0 Å². The van der Waals surface area contributed by atoms with Crippen LogP contribution in [0, 0.1) is 0 Å². The minimum atomic E-state index is -0.630. The molecule has 0 bridgehead atoms. The number of rotatable bonds is 3. The SMILES string of the molecule is CC1(C)C(=O)N(CC(=O)Nc2ccc(Cl)cn2)c2ccccc21. The summed E-state index contributed by atoms with van der Waals surface area (Å²) in [6, 6.07) is 10.8. The van der Waals surface area contributed by atoms with Crippen molar-refractivity contribution in [2.75, 3.05) is 16.8 Å². The number of carbonyl (C=O) groups excluding carboxylic acids is 2. The second kappa shape index (κ2) is 5.66. The Labute approximate surface area is 139 Å². The van der Waals surface area contributed by atoms with Crippen LogP contribution in [-0.4, -0.2) is 23.3 Å². The van der Waals surface area contributed by atoms with Crippen molar-refractivity contribution in [3.63, 3.8) is 0 Å². The van der Waals surface area contributed by atoms with Gasteiger partial charge >= 0.3 is 0 Å². The summed E-state index contributed by atoms with van der Waals surface area (Å²) in [6.45, 7) is 3.68. The molecule has 5 nitrogen and oxygen atoms in total. The Bertz CT molecular complexity index is 772. The summed E-state index contributed by atoms with van der Waals surface area (Å²) in [6.07, 6.45) is 1.45. The highest BCUT2D eigenvalue weighted by atomic mass is 35.5. The fourth-order valence-corrected chi connectivity index (χ4v) is 2.84. The summed E-state index contributed by atoms with van der Waals surface area (Å²) in [7, 11) is 0. The van der Waals surface area contributed by atoms with E-state index in [0.717, 1.165) is 11.3 Å². The van der Waals surface area contributed by atoms with Crippen LogP contribution in [0.2, 0.25) is 5.02 Å². The Hall–Kier alpha value is -2.40. The van der Waals surface area contributed by atoms with Gasteiger partial charge in [-0.05, 0) is 37.6 Å². The van der Waals surface area contributed by atoms with Crippen molar-refractivity contribution >= 4 is 34.9 Å². The highest BCUT2D eigenvalue weighted by Crippen LogP contribution is 2.40. The molecule has 3 rings (SSSR count). The molecule has 2 amide bonds. The van der Waals surface area contributed by atoms with Crippen molar-refractivity contribution in [1.82, 2.24) is 4.98 Å². The van der Waals surface area contributed by atoms with Crippen LogP contribution in [0.1, 0.15) is 19.4 Å². The number of halogens is 1. The monoisotopic (exact) mass is 329 g/mol. The van der Waals surface area contributed by atoms with Gasteiger partial charge in [0.25, 0.3) is 0 Å². The predicted octanol–water partition coefficient (Wildman–Crippen LogP) is 3.00. The lowest BCUT2D eigenvalue weighted by molar-refractivity contribution is -0.124. The molecular formula is C17H16ClN3O2. The van der Waals surface area contributed by atoms with Gasteiger partial charge < -0.3 is 10.2 Å². The fourth-order valence-electron chi connectivity index (χ4n) is 2.73. The van der Waals surface area contributed by atoms with Crippen molar-refractivity contribution in [3.8, 4) is 0 Å². The molecule has 0 spiro atoms. The lowest BCUT2D eigenvalue weighted by atomic mass is 9.86. The molecule has 0 saturated heterocycles. The van der Waals surface area contributed by atoms with Crippen molar-refractivity contribution in [1.29, 1.82) is 0 Å². The van der Waals surface area contributed by atoms with Crippen LogP contribution in [0.5, 0.6) is 0 Å². The van der Waals surface area contributed by atoms with E-state index in [1.807, 2.05) is 38.1 Å². The van der Waals surface area contributed by atoms with Gasteiger partial charge in [-0.15, -0.1) is 0 Å². The molecule has 0 unspecified atom stereocenters. The smallest absolute Gasteiger partial charge is 0.245 e. The Balaban J connectivity index is 1.79. The molecule has 0 atom stereocenters. The molecule has 6 heteroatoms. The van der Waals surface area contributed by atoms with Gasteiger partial charge in [0, 0.05) is 11.9 Å². The van der Waals surface area contributed by atoms with E-state index in [1.165, 1.54) is 11.1 Å². The fraction of sp³-hybridized carbons (Fsp3) is 0.235. The molecule has 1 aromatic carbocycles. The zero-order valence-electron chi connectivity index (χ0n) is 12.8. The van der Waals surface area contributed by atoms with Gasteiger partial charge in [0.05, 0.1) is 10.4 Å². The zero-order chi connectivity index (χ0) is 16.6. The number of anilines is 2. The number of benzene rings is 1. The van der Waals surface area contributed by atoms with Gasteiger partial charge in [0.2, 0.25) is 11.8 Å². The molecule has 0 radical (unpaired) electrons. The number of para-hydroxylation sites is 1. The Morgan fingerprint density at radius 2 is 2.00 bits per heavy atom. The first kappa shape index (κ1) is 15.5. The third-order valence-electron chi connectivity index (χ3n) is 3.94. The zero-order valence-corrected chi connectivity index (χ0v) is 13.6. The van der Waals surface area contributed by atoms with Crippen LogP contribution < -0.4 is 10.2 Å². The Kier molecular flexibility index (Phi) is 3.82. The molecule has 1 N–H and O–H groups in total. The first-order chi connectivity index (χ1) is 10.9. The largest absolute Gasteiger partial charge is 0.309 e. The van der Waals surface area contributed by atoms with Crippen molar-refractivity contribution in [3.05, 3.63) is 53.2 Å². The van der Waals surface area contributed by atoms with Gasteiger partial charge in [0.1, 0.15) is 12.4 Å². The molecule has 1 aliphatic rings. The summed E-state index contributed by atoms with van der Waals surface area (Å²) in [5.74, 6) is 0.0113. The number of nitrogens with zero attached hydrogens (tertiary/aromatic N) is 2. The van der Waals surface area contributed by atoms with Crippen molar-refractivity contribution in [2.24, 2.45) is 0 Å². The topological polar surface area (TPSA) is 62.3 Å². The maximum Gasteiger partial charge on any atom is 0.245 e. The molecule has 0 aliphatic carbocycles. The maximum atomic E-state index is 12.6. The van der Waals surface area contributed by atoms with Gasteiger partial charge in [0.15, 0.2) is 0 Å². The predicted molar refractivity (Wildman–Crippen MR) is 89.7 cm³/mol. The highest BCUT2D eigenvalue weighted by Gasteiger charge is 2.44. The van der Waals surface area contributed by atoms with Gasteiger partial charge in [-0.1, -0.05) is 29.8 Å². The lowest BCUT2D eigenvalue weighted by Gasteiger charge is -2.19. The molecule has 2 heterocycles. The molecule has 23 heavy (non-hydrogen) atoms. The van der Waals surface area contributed by atoms with Crippen LogP contribution >= 0.6 is 11.6 Å². The number of hydrogen-bond acceptors (Lipinski definition) is 3. The second-order valence-electron chi connectivity index (χ2n) is 5.94. The van der Waals surface area contributed by atoms with E-state index in [9.17, 15) is 9.59 Å². The molecular weight excluding hydrogens is 314 g/mol. The van der Waals surface area contributed by atoms with Gasteiger partial charge in [-0.2, -0.15) is 0 Å². The minimum absolute atomic E-state index is 0.0520. The van der Waals surface area contributed by atoms with Gasteiger partial charge in [-0.25, -0.2) is 4.98 Å². The minimum Gasteiger partial charge on any atom is -0.309 e. The standard InChI is InChI=1S/C17H16ClN3O2/c1-17(2)12-5-3-4-6-13(12)21(16(17)23)10-15(22)20-14-8-7-11(18)9-19-14/h3-9H,10H2,1-2H3,(H,19,20,22). The third kappa shape index (κ3) is 2.80. The third-order valence-corrected chi connectivity index (χ3v) is 4.17. The van der Waals surface area contributed by atoms with Crippen molar-refractivity contribution in [2.45, 2.75) is 19.3 Å². The first-order valence-electron chi connectivity index (χ1n) is 7.22. The molecule has 1 aliphatic heterocycles. The number of pyridine rings is 1. The lowest BCUT2D eigenvalue weighted by Crippen LogP contribution is -2.40. The Morgan fingerprint density at radius 3 is 2.70 bits per heavy atom. The van der Waals surface area contributed by atoms with Crippen molar-refractivity contribution < 1.29 is 9.59 Å². The number of nitrogens with one attached hydrogen (secondary N) is 1. The summed E-state index contributed by atoms with van der Waals surface area (Å²) < 4.78 is 0. The van der Waals surface area contributed by atoms with E-state index in [2.05, 4.69) is 10.3 Å². The quantitative estimate of drug-likeness (QED) is 0.941. The Morgan fingerprint density at radius 1 is 1.26 bits per heavy atom. The maximum absolute atomic E-state index is 12.6. The summed E-state index contributed by atoms with van der Waals surface area (Å²) in [5, 5.41) is 3.17. The summed E-state index contributed by atoms with van der Waals surface area (Å²) in [4.78, 5) is 30.4. The summed E-state index contributed by atoms with van der Waals surface area (Å²) in [5.41, 5.74) is 1.08. The number of fused-ring (bicyclic) bond motifs is 1. The van der Waals surface area contributed by atoms with Crippen LogP contribution in [0.4, 0.5) is 11.5 Å². The normalized spacial score (nSPS) is 15.4. The second-order valence-corrected chi connectivity index (χ2v) is 6.38. The van der Waals surface area contributed by atoms with E-state index >= 15 is 0 Å². The van der Waals surface area contributed by atoms with Crippen LogP contribution in [-0.2, 0) is 15.0 Å². The molecule has 1 aromatic heterocycles. The van der Waals surface area contributed by atoms with Crippen LogP contribution in [0.25, 0.3) is 0 Å². The number of carbonyl (C=O) groups is 2. The van der Waals surface area contributed by atoms with E-state index in [0.29, 0.717) is 10.8 Å². The van der Waals surface area contributed by atoms with E-state index in [-0.39, 0.29) is 18.4 Å². The highest BCUT2D eigenvalue weighted by molar-refractivity contribution is 6.30. The van der Waals surface area contributed by atoms with Crippen LogP contribution in [0.15, 0.2) is 42.6 Å². The van der Waals surface area contributed by atoms with E-state index < -0.39 is 5.41 Å².